The Kier molecular flexibility index (Phi) is 5.32. The fourth-order valence-electron chi connectivity index (χ4n) is 2.64. The summed E-state index contributed by atoms with van der Waals surface area (Å²) in [6.07, 6.45) is -0.0988. The lowest BCUT2D eigenvalue weighted by molar-refractivity contribution is -0.122. The zero-order valence-electron chi connectivity index (χ0n) is 15.1. The molecule has 1 amide bonds. The quantitative estimate of drug-likeness (QED) is 0.698. The fraction of sp³-hybridized carbons (Fsp3) is 0.250. The van der Waals surface area contributed by atoms with E-state index in [0.29, 0.717) is 11.4 Å². The number of aryl methyl sites for hydroxylation is 1. The summed E-state index contributed by atoms with van der Waals surface area (Å²) < 4.78 is 18.2. The highest BCUT2D eigenvalue weighted by Crippen LogP contribution is 2.21. The molecule has 1 aromatic heterocycles. The Morgan fingerprint density at radius 3 is 2.63 bits per heavy atom. The van der Waals surface area contributed by atoms with Crippen LogP contribution >= 0.6 is 0 Å². The standard InChI is InChI=1S/C20H20FN3O3/c1-13-5-3-4-6-16(13)19-23-18(27-24-19)11-17(25)22-12-20(2,26)14-7-9-15(21)10-8-14/h3-10,26H,11-12H2,1-2H3,(H,22,25). The van der Waals surface area contributed by atoms with Gasteiger partial charge in [0.05, 0.1) is 6.54 Å². The molecule has 0 fully saturated rings. The predicted octanol–water partition coefficient (Wildman–Crippen LogP) is 2.75. The van der Waals surface area contributed by atoms with Crippen LogP contribution < -0.4 is 5.32 Å². The van der Waals surface area contributed by atoms with Gasteiger partial charge in [0, 0.05) is 5.56 Å². The van der Waals surface area contributed by atoms with Gasteiger partial charge < -0.3 is 14.9 Å². The van der Waals surface area contributed by atoms with Gasteiger partial charge in [0.25, 0.3) is 0 Å². The monoisotopic (exact) mass is 369 g/mol. The maximum absolute atomic E-state index is 13.0. The summed E-state index contributed by atoms with van der Waals surface area (Å²) in [7, 11) is 0. The van der Waals surface area contributed by atoms with Crippen molar-refractivity contribution in [2.75, 3.05) is 6.54 Å². The number of halogens is 1. The van der Waals surface area contributed by atoms with E-state index in [9.17, 15) is 14.3 Å². The van der Waals surface area contributed by atoms with Crippen molar-refractivity contribution < 1.29 is 18.8 Å². The van der Waals surface area contributed by atoms with Crippen LogP contribution in [0.2, 0.25) is 0 Å². The average Bonchev–Trinajstić information content (AvgIpc) is 3.09. The second-order valence-electron chi connectivity index (χ2n) is 6.56. The minimum atomic E-state index is -1.33. The van der Waals surface area contributed by atoms with Crippen molar-refractivity contribution in [1.82, 2.24) is 15.5 Å². The highest BCUT2D eigenvalue weighted by atomic mass is 19.1. The Hall–Kier alpha value is -3.06. The summed E-state index contributed by atoms with van der Waals surface area (Å²) in [6.45, 7) is 3.45. The summed E-state index contributed by atoms with van der Waals surface area (Å²) in [5.41, 5.74) is 1.02. The van der Waals surface area contributed by atoms with Gasteiger partial charge in [0.2, 0.25) is 17.6 Å². The number of amides is 1. The smallest absolute Gasteiger partial charge is 0.236 e. The lowest BCUT2D eigenvalue weighted by atomic mass is 9.96. The molecule has 0 aliphatic heterocycles. The number of nitrogens with zero attached hydrogens (tertiary/aromatic N) is 2. The van der Waals surface area contributed by atoms with Crippen LogP contribution in [0, 0.1) is 12.7 Å². The van der Waals surface area contributed by atoms with E-state index in [1.165, 1.54) is 24.3 Å². The first-order chi connectivity index (χ1) is 12.8. The molecule has 0 radical (unpaired) electrons. The van der Waals surface area contributed by atoms with E-state index < -0.39 is 5.60 Å². The Balaban J connectivity index is 1.60. The molecule has 6 nitrogen and oxygen atoms in total. The molecule has 1 unspecified atom stereocenters. The Morgan fingerprint density at radius 1 is 1.22 bits per heavy atom. The number of hydrogen-bond acceptors (Lipinski definition) is 5. The van der Waals surface area contributed by atoms with Crippen molar-refractivity contribution in [2.45, 2.75) is 25.9 Å². The van der Waals surface area contributed by atoms with Gasteiger partial charge in [-0.3, -0.25) is 4.79 Å². The van der Waals surface area contributed by atoms with Gasteiger partial charge in [0.1, 0.15) is 17.8 Å². The average molecular weight is 369 g/mol. The van der Waals surface area contributed by atoms with Crippen LogP contribution in [0.15, 0.2) is 53.1 Å². The van der Waals surface area contributed by atoms with E-state index in [1.807, 2.05) is 31.2 Å². The van der Waals surface area contributed by atoms with E-state index in [2.05, 4.69) is 15.5 Å². The van der Waals surface area contributed by atoms with Crippen LogP contribution in [0.4, 0.5) is 4.39 Å². The van der Waals surface area contributed by atoms with Crippen molar-refractivity contribution in [3.8, 4) is 11.4 Å². The van der Waals surface area contributed by atoms with Crippen LogP contribution in [0.1, 0.15) is 23.9 Å². The predicted molar refractivity (Wildman–Crippen MR) is 97.2 cm³/mol. The molecule has 0 bridgehead atoms. The maximum Gasteiger partial charge on any atom is 0.236 e. The summed E-state index contributed by atoms with van der Waals surface area (Å²) in [5.74, 6) is -0.141. The van der Waals surface area contributed by atoms with E-state index in [-0.39, 0.29) is 30.6 Å². The van der Waals surface area contributed by atoms with Gasteiger partial charge in [0.15, 0.2) is 0 Å². The Labute approximate surface area is 156 Å². The van der Waals surface area contributed by atoms with Crippen molar-refractivity contribution in [3.63, 3.8) is 0 Å². The molecular formula is C20H20FN3O3. The summed E-state index contributed by atoms with van der Waals surface area (Å²) in [4.78, 5) is 16.4. The van der Waals surface area contributed by atoms with Gasteiger partial charge in [-0.15, -0.1) is 0 Å². The third-order valence-electron chi connectivity index (χ3n) is 4.26. The molecule has 140 valence electrons. The Morgan fingerprint density at radius 2 is 1.93 bits per heavy atom. The van der Waals surface area contributed by atoms with Crippen LogP contribution in [0.25, 0.3) is 11.4 Å². The van der Waals surface area contributed by atoms with E-state index in [4.69, 9.17) is 4.52 Å². The zero-order valence-corrected chi connectivity index (χ0v) is 15.1. The fourth-order valence-corrected chi connectivity index (χ4v) is 2.64. The van der Waals surface area contributed by atoms with Crippen molar-refractivity contribution >= 4 is 5.91 Å². The lowest BCUT2D eigenvalue weighted by Gasteiger charge is -2.24. The summed E-state index contributed by atoms with van der Waals surface area (Å²) >= 11 is 0. The minimum Gasteiger partial charge on any atom is -0.384 e. The van der Waals surface area contributed by atoms with Crippen molar-refractivity contribution in [2.24, 2.45) is 0 Å². The second-order valence-corrected chi connectivity index (χ2v) is 6.56. The summed E-state index contributed by atoms with van der Waals surface area (Å²) in [6, 6.07) is 13.1. The number of hydrogen-bond donors (Lipinski definition) is 2. The lowest BCUT2D eigenvalue weighted by Crippen LogP contribution is -2.39. The van der Waals surface area contributed by atoms with Crippen LogP contribution in [0.5, 0.6) is 0 Å². The SMILES string of the molecule is Cc1ccccc1-c1noc(CC(=O)NCC(C)(O)c2ccc(F)cc2)n1. The molecule has 3 rings (SSSR count). The van der Waals surface area contributed by atoms with Crippen molar-refractivity contribution in [1.29, 1.82) is 0 Å². The summed E-state index contributed by atoms with van der Waals surface area (Å²) in [5, 5.41) is 17.0. The number of aliphatic hydroxyl groups is 1. The first kappa shape index (κ1) is 18.7. The molecule has 0 saturated heterocycles. The van der Waals surface area contributed by atoms with Gasteiger partial charge in [-0.25, -0.2) is 4.39 Å². The highest BCUT2D eigenvalue weighted by Gasteiger charge is 2.24. The highest BCUT2D eigenvalue weighted by molar-refractivity contribution is 5.77. The topological polar surface area (TPSA) is 88.2 Å². The molecule has 3 aromatic rings. The molecule has 1 heterocycles. The number of aromatic nitrogens is 2. The molecule has 7 heteroatoms. The third-order valence-corrected chi connectivity index (χ3v) is 4.26. The van der Waals surface area contributed by atoms with Gasteiger partial charge >= 0.3 is 0 Å². The number of benzene rings is 2. The molecule has 2 N–H and O–H groups in total. The van der Waals surface area contributed by atoms with Gasteiger partial charge in [-0.05, 0) is 37.1 Å². The molecule has 0 aliphatic rings. The molecule has 1 atom stereocenters. The first-order valence-corrected chi connectivity index (χ1v) is 8.49. The molecule has 0 aliphatic carbocycles. The van der Waals surface area contributed by atoms with Crippen LogP contribution in [-0.2, 0) is 16.8 Å². The molecule has 0 saturated carbocycles. The number of carbonyl (C=O) groups is 1. The Bertz CT molecular complexity index is 936. The molecular weight excluding hydrogens is 349 g/mol. The van der Waals surface area contributed by atoms with E-state index in [1.54, 1.807) is 6.92 Å². The van der Waals surface area contributed by atoms with Crippen molar-refractivity contribution in [3.05, 3.63) is 71.4 Å². The zero-order chi connectivity index (χ0) is 19.4. The molecule has 0 spiro atoms. The second kappa shape index (κ2) is 7.67. The maximum atomic E-state index is 13.0. The van der Waals surface area contributed by atoms with Crippen LogP contribution in [0.3, 0.4) is 0 Å². The first-order valence-electron chi connectivity index (χ1n) is 8.49. The third kappa shape index (κ3) is 4.57. The van der Waals surface area contributed by atoms with E-state index in [0.717, 1.165) is 11.1 Å². The number of carbonyl (C=O) groups excluding carboxylic acids is 1. The minimum absolute atomic E-state index is 0.0315. The number of rotatable bonds is 6. The van der Waals surface area contributed by atoms with Crippen LogP contribution in [-0.4, -0.2) is 27.7 Å². The molecule has 2 aromatic carbocycles. The largest absolute Gasteiger partial charge is 0.384 e. The van der Waals surface area contributed by atoms with E-state index >= 15 is 0 Å². The normalized spacial score (nSPS) is 13.2. The molecule has 27 heavy (non-hydrogen) atoms. The number of nitrogens with one attached hydrogen (secondary N) is 1. The van der Waals surface area contributed by atoms with Gasteiger partial charge in [-0.2, -0.15) is 4.98 Å². The van der Waals surface area contributed by atoms with Gasteiger partial charge in [-0.1, -0.05) is 41.6 Å².